The maximum absolute atomic E-state index is 13.6. The summed E-state index contributed by atoms with van der Waals surface area (Å²) in [6.45, 7) is 6.00. The average Bonchev–Trinajstić information content (AvgIpc) is 2.78. The summed E-state index contributed by atoms with van der Waals surface area (Å²) >= 11 is 5.85. The molecule has 7 nitrogen and oxygen atoms in total. The van der Waals surface area contributed by atoms with Gasteiger partial charge in [-0.05, 0) is 35.7 Å². The fourth-order valence-electron chi connectivity index (χ4n) is 3.84. The number of halogens is 2. The summed E-state index contributed by atoms with van der Waals surface area (Å²) in [5.41, 5.74) is 2.19. The molecule has 1 amide bonds. The summed E-state index contributed by atoms with van der Waals surface area (Å²) in [5.74, 6) is -1.11. The van der Waals surface area contributed by atoms with Gasteiger partial charge in [0.2, 0.25) is 15.9 Å². The number of carbonyl (C=O) groups is 1. The van der Waals surface area contributed by atoms with Gasteiger partial charge in [-0.25, -0.2) is 12.8 Å². The van der Waals surface area contributed by atoms with Crippen molar-refractivity contribution < 1.29 is 22.3 Å². The Hall–Kier alpha value is -2.20. The molecule has 0 aliphatic carbocycles. The highest BCUT2D eigenvalue weighted by atomic mass is 35.5. The molecule has 2 aromatic rings. The third-order valence-corrected chi connectivity index (χ3v) is 6.92. The normalized spacial score (nSPS) is 15.8. The van der Waals surface area contributed by atoms with E-state index in [1.807, 2.05) is 24.3 Å². The lowest BCUT2D eigenvalue weighted by Gasteiger charge is -2.30. The number of morpholine rings is 1. The molecular formula is C23H29ClFN3O4S. The molecule has 0 unspecified atom stereocenters. The second kappa shape index (κ2) is 11.3. The average molecular weight is 498 g/mol. The van der Waals surface area contributed by atoms with Crippen molar-refractivity contribution in [1.29, 1.82) is 0 Å². The van der Waals surface area contributed by atoms with Crippen molar-refractivity contribution in [2.24, 2.45) is 0 Å². The van der Waals surface area contributed by atoms with Gasteiger partial charge in [0.25, 0.3) is 0 Å². The van der Waals surface area contributed by atoms with E-state index in [0.717, 1.165) is 60.6 Å². The Morgan fingerprint density at radius 3 is 2.55 bits per heavy atom. The molecule has 3 rings (SSSR count). The van der Waals surface area contributed by atoms with Crippen LogP contribution in [0.15, 0.2) is 42.5 Å². The quantitative estimate of drug-likeness (QED) is 0.575. The summed E-state index contributed by atoms with van der Waals surface area (Å²) in [6.07, 6.45) is 1.24. The van der Waals surface area contributed by atoms with Crippen molar-refractivity contribution in [3.8, 4) is 0 Å². The van der Waals surface area contributed by atoms with E-state index in [2.05, 4.69) is 10.2 Å². The molecule has 1 aliphatic rings. The largest absolute Gasteiger partial charge is 0.379 e. The summed E-state index contributed by atoms with van der Waals surface area (Å²) in [7, 11) is -3.83. The Morgan fingerprint density at radius 1 is 1.21 bits per heavy atom. The van der Waals surface area contributed by atoms with E-state index in [0.29, 0.717) is 0 Å². The second-order valence-corrected chi connectivity index (χ2v) is 10.3. The molecular weight excluding hydrogens is 469 g/mol. The molecule has 0 radical (unpaired) electrons. The van der Waals surface area contributed by atoms with E-state index in [-0.39, 0.29) is 23.7 Å². The standard InChI is InChI=1S/C23H29ClFN3O4S/c1-3-22(28(33(2,30)31)19-7-8-21(25)20(24)14-19)23(29)26-15-17-5-4-6-18(13-17)16-27-9-11-32-12-10-27/h4-8,13-14,22H,3,9-12,15-16H2,1-2H3,(H,26,29)/t22-/m1/s1. The zero-order valence-electron chi connectivity index (χ0n) is 18.8. The Morgan fingerprint density at radius 2 is 1.91 bits per heavy atom. The van der Waals surface area contributed by atoms with E-state index < -0.39 is 27.8 Å². The smallest absolute Gasteiger partial charge is 0.244 e. The highest BCUT2D eigenvalue weighted by Crippen LogP contribution is 2.27. The molecule has 1 aliphatic heterocycles. The minimum absolute atomic E-state index is 0.137. The molecule has 1 saturated heterocycles. The lowest BCUT2D eigenvalue weighted by Crippen LogP contribution is -2.49. The maximum Gasteiger partial charge on any atom is 0.244 e. The van der Waals surface area contributed by atoms with Gasteiger partial charge >= 0.3 is 0 Å². The van der Waals surface area contributed by atoms with Gasteiger partial charge in [-0.3, -0.25) is 14.0 Å². The number of anilines is 1. The molecule has 1 atom stereocenters. The van der Waals surface area contributed by atoms with Gasteiger partial charge in [0.1, 0.15) is 11.9 Å². The summed E-state index contributed by atoms with van der Waals surface area (Å²) in [5, 5.41) is 2.63. The van der Waals surface area contributed by atoms with Crippen LogP contribution in [-0.4, -0.2) is 57.8 Å². The zero-order valence-corrected chi connectivity index (χ0v) is 20.3. The fourth-order valence-corrected chi connectivity index (χ4v) is 5.22. The Kier molecular flexibility index (Phi) is 8.69. The highest BCUT2D eigenvalue weighted by Gasteiger charge is 2.31. The van der Waals surface area contributed by atoms with Crippen molar-refractivity contribution in [3.05, 3.63) is 64.4 Å². The van der Waals surface area contributed by atoms with E-state index >= 15 is 0 Å². The van der Waals surface area contributed by atoms with Crippen molar-refractivity contribution in [2.45, 2.75) is 32.5 Å². The molecule has 2 aromatic carbocycles. The number of nitrogens with zero attached hydrogens (tertiary/aromatic N) is 2. The molecule has 1 fully saturated rings. The first-order chi connectivity index (χ1) is 15.7. The van der Waals surface area contributed by atoms with Crippen LogP contribution in [0.4, 0.5) is 10.1 Å². The fraction of sp³-hybridized carbons (Fsp3) is 0.435. The van der Waals surface area contributed by atoms with E-state index in [9.17, 15) is 17.6 Å². The molecule has 33 heavy (non-hydrogen) atoms. The molecule has 1 heterocycles. The minimum Gasteiger partial charge on any atom is -0.379 e. The number of hydrogen-bond donors (Lipinski definition) is 1. The number of carbonyl (C=O) groups excluding carboxylic acids is 1. The third kappa shape index (κ3) is 6.89. The van der Waals surface area contributed by atoms with Gasteiger partial charge in [0.15, 0.2) is 0 Å². The molecule has 10 heteroatoms. The molecule has 0 bridgehead atoms. The van der Waals surface area contributed by atoms with Crippen LogP contribution >= 0.6 is 11.6 Å². The van der Waals surface area contributed by atoms with Gasteiger partial charge in [-0.2, -0.15) is 0 Å². The Bertz CT molecular complexity index is 1080. The number of rotatable bonds is 9. The summed E-state index contributed by atoms with van der Waals surface area (Å²) < 4.78 is 45.0. The summed E-state index contributed by atoms with van der Waals surface area (Å²) in [6, 6.07) is 10.5. The predicted molar refractivity (Wildman–Crippen MR) is 127 cm³/mol. The number of hydrogen-bond acceptors (Lipinski definition) is 5. The topological polar surface area (TPSA) is 79.0 Å². The third-order valence-electron chi connectivity index (χ3n) is 5.46. The van der Waals surface area contributed by atoms with Gasteiger partial charge in [-0.1, -0.05) is 42.8 Å². The van der Waals surface area contributed by atoms with Crippen molar-refractivity contribution in [3.63, 3.8) is 0 Å². The minimum atomic E-state index is -3.83. The first-order valence-corrected chi connectivity index (χ1v) is 13.0. The molecule has 1 N–H and O–H groups in total. The molecule has 0 aromatic heterocycles. The lowest BCUT2D eigenvalue weighted by molar-refractivity contribution is -0.122. The molecule has 180 valence electrons. The van der Waals surface area contributed by atoms with Gasteiger partial charge in [0.05, 0.1) is 30.2 Å². The Labute approximate surface area is 199 Å². The zero-order chi connectivity index (χ0) is 24.0. The number of benzene rings is 2. The van der Waals surface area contributed by atoms with Gasteiger partial charge in [0, 0.05) is 26.2 Å². The predicted octanol–water partition coefficient (Wildman–Crippen LogP) is 3.17. The molecule has 0 saturated carbocycles. The number of amides is 1. The SMILES string of the molecule is CC[C@H](C(=O)NCc1cccc(CN2CCOCC2)c1)N(c1ccc(F)c(Cl)c1)S(C)(=O)=O. The lowest BCUT2D eigenvalue weighted by atomic mass is 10.1. The van der Waals surface area contributed by atoms with Crippen LogP contribution in [0, 0.1) is 5.82 Å². The van der Waals surface area contributed by atoms with Crippen molar-refractivity contribution in [2.75, 3.05) is 36.9 Å². The van der Waals surface area contributed by atoms with Crippen LogP contribution in [-0.2, 0) is 32.6 Å². The first-order valence-electron chi connectivity index (χ1n) is 10.8. The van der Waals surface area contributed by atoms with Gasteiger partial charge < -0.3 is 10.1 Å². The van der Waals surface area contributed by atoms with Gasteiger partial charge in [-0.15, -0.1) is 0 Å². The number of nitrogens with one attached hydrogen (secondary N) is 1. The Balaban J connectivity index is 1.71. The monoisotopic (exact) mass is 497 g/mol. The highest BCUT2D eigenvalue weighted by molar-refractivity contribution is 7.92. The number of sulfonamides is 1. The van der Waals surface area contributed by atoms with Crippen LogP contribution in [0.1, 0.15) is 24.5 Å². The van der Waals surface area contributed by atoms with Crippen LogP contribution < -0.4 is 9.62 Å². The summed E-state index contributed by atoms with van der Waals surface area (Å²) in [4.78, 5) is 15.3. The number of ether oxygens (including phenoxy) is 1. The van der Waals surface area contributed by atoms with Crippen LogP contribution in [0.5, 0.6) is 0 Å². The first kappa shape index (κ1) is 25.4. The second-order valence-electron chi connectivity index (χ2n) is 8.01. The van der Waals surface area contributed by atoms with E-state index in [4.69, 9.17) is 16.3 Å². The van der Waals surface area contributed by atoms with E-state index in [1.54, 1.807) is 6.92 Å². The van der Waals surface area contributed by atoms with Crippen molar-refractivity contribution >= 4 is 33.2 Å². The van der Waals surface area contributed by atoms with Crippen LogP contribution in [0.25, 0.3) is 0 Å². The van der Waals surface area contributed by atoms with Crippen LogP contribution in [0.2, 0.25) is 5.02 Å². The molecule has 0 spiro atoms. The van der Waals surface area contributed by atoms with Crippen LogP contribution in [0.3, 0.4) is 0 Å². The maximum atomic E-state index is 13.6. The van der Waals surface area contributed by atoms with E-state index in [1.165, 1.54) is 12.1 Å². The van der Waals surface area contributed by atoms with Crippen molar-refractivity contribution in [1.82, 2.24) is 10.2 Å².